The van der Waals surface area contributed by atoms with Gasteiger partial charge in [-0.3, -0.25) is 4.79 Å². The van der Waals surface area contributed by atoms with Gasteiger partial charge in [0.2, 0.25) is 5.91 Å². The Morgan fingerprint density at radius 2 is 1.64 bits per heavy atom. The van der Waals surface area contributed by atoms with Gasteiger partial charge in [0, 0.05) is 23.4 Å². The van der Waals surface area contributed by atoms with Crippen molar-refractivity contribution in [3.05, 3.63) is 72.3 Å². The van der Waals surface area contributed by atoms with E-state index in [9.17, 15) is 4.79 Å². The molecule has 22 heavy (non-hydrogen) atoms. The van der Waals surface area contributed by atoms with Crippen LogP contribution < -0.4 is 10.1 Å². The van der Waals surface area contributed by atoms with Crippen molar-refractivity contribution >= 4 is 22.4 Å². The maximum atomic E-state index is 11.3. The molecule has 3 heteroatoms. The first kappa shape index (κ1) is 14.1. The molecule has 0 spiro atoms. The molecule has 0 bridgehead atoms. The maximum Gasteiger partial charge on any atom is 0.221 e. The molecule has 0 fully saturated rings. The van der Waals surface area contributed by atoms with E-state index < -0.39 is 0 Å². The third-order valence-corrected chi connectivity index (χ3v) is 3.43. The van der Waals surface area contributed by atoms with E-state index in [0.717, 1.165) is 27.8 Å². The van der Waals surface area contributed by atoms with Gasteiger partial charge in [0.15, 0.2) is 0 Å². The molecule has 0 saturated heterocycles. The van der Waals surface area contributed by atoms with Crippen LogP contribution in [-0.4, -0.2) is 5.91 Å². The fraction of sp³-hybridized carbons (Fsp3) is 0.105. The standard InChI is InChI=1S/C19H17NO2/c1-14(21)20-18-11-5-10-17-16(18)9-6-12-19(17)22-13-15-7-3-2-4-8-15/h2-12H,13H2,1H3,(H,20,21). The lowest BCUT2D eigenvalue weighted by atomic mass is 10.1. The molecule has 110 valence electrons. The van der Waals surface area contributed by atoms with Crippen LogP contribution in [0, 0.1) is 0 Å². The predicted molar refractivity (Wildman–Crippen MR) is 89.0 cm³/mol. The molecule has 3 aromatic carbocycles. The van der Waals surface area contributed by atoms with E-state index in [4.69, 9.17) is 4.74 Å². The molecule has 0 radical (unpaired) electrons. The van der Waals surface area contributed by atoms with Crippen LogP contribution in [0.1, 0.15) is 12.5 Å². The highest BCUT2D eigenvalue weighted by atomic mass is 16.5. The van der Waals surface area contributed by atoms with Gasteiger partial charge in [-0.1, -0.05) is 54.6 Å². The van der Waals surface area contributed by atoms with Crippen molar-refractivity contribution < 1.29 is 9.53 Å². The van der Waals surface area contributed by atoms with Crippen molar-refractivity contribution in [1.82, 2.24) is 0 Å². The highest BCUT2D eigenvalue weighted by molar-refractivity contribution is 6.03. The molecular weight excluding hydrogens is 274 g/mol. The number of hydrogen-bond acceptors (Lipinski definition) is 2. The Hall–Kier alpha value is -2.81. The van der Waals surface area contributed by atoms with Crippen molar-refractivity contribution in [1.29, 1.82) is 0 Å². The third kappa shape index (κ3) is 3.09. The Labute approximate surface area is 129 Å². The van der Waals surface area contributed by atoms with Crippen LogP contribution in [0.5, 0.6) is 5.75 Å². The van der Waals surface area contributed by atoms with E-state index in [2.05, 4.69) is 5.32 Å². The van der Waals surface area contributed by atoms with Crippen molar-refractivity contribution in [3.8, 4) is 5.75 Å². The van der Waals surface area contributed by atoms with E-state index in [1.807, 2.05) is 66.7 Å². The van der Waals surface area contributed by atoms with E-state index >= 15 is 0 Å². The zero-order valence-electron chi connectivity index (χ0n) is 12.4. The van der Waals surface area contributed by atoms with Gasteiger partial charge in [0.1, 0.15) is 12.4 Å². The summed E-state index contributed by atoms with van der Waals surface area (Å²) >= 11 is 0. The molecule has 0 heterocycles. The zero-order valence-corrected chi connectivity index (χ0v) is 12.4. The first-order chi connectivity index (χ1) is 10.7. The molecule has 0 atom stereocenters. The topological polar surface area (TPSA) is 38.3 Å². The lowest BCUT2D eigenvalue weighted by Crippen LogP contribution is -2.06. The molecule has 3 nitrogen and oxygen atoms in total. The average molecular weight is 291 g/mol. The lowest BCUT2D eigenvalue weighted by molar-refractivity contribution is -0.114. The van der Waals surface area contributed by atoms with E-state index in [1.165, 1.54) is 6.92 Å². The number of nitrogens with one attached hydrogen (secondary N) is 1. The molecule has 0 saturated carbocycles. The van der Waals surface area contributed by atoms with Crippen LogP contribution in [0.25, 0.3) is 10.8 Å². The summed E-state index contributed by atoms with van der Waals surface area (Å²) < 4.78 is 5.95. The number of ether oxygens (including phenoxy) is 1. The van der Waals surface area contributed by atoms with Crippen LogP contribution in [0.3, 0.4) is 0 Å². The Kier molecular flexibility index (Phi) is 4.05. The van der Waals surface area contributed by atoms with Crippen molar-refractivity contribution in [2.45, 2.75) is 13.5 Å². The van der Waals surface area contributed by atoms with E-state index in [-0.39, 0.29) is 5.91 Å². The number of hydrogen-bond donors (Lipinski definition) is 1. The van der Waals surface area contributed by atoms with Gasteiger partial charge >= 0.3 is 0 Å². The van der Waals surface area contributed by atoms with Gasteiger partial charge in [-0.2, -0.15) is 0 Å². The number of fused-ring (bicyclic) bond motifs is 1. The highest BCUT2D eigenvalue weighted by Crippen LogP contribution is 2.31. The molecule has 3 aromatic rings. The molecule has 0 aliphatic carbocycles. The number of carbonyl (C=O) groups excluding carboxylic acids is 1. The second-order valence-electron chi connectivity index (χ2n) is 5.11. The Bertz CT molecular complexity index is 797. The summed E-state index contributed by atoms with van der Waals surface area (Å²) in [5.74, 6) is 0.733. The van der Waals surface area contributed by atoms with Gasteiger partial charge in [-0.05, 0) is 17.7 Å². The zero-order chi connectivity index (χ0) is 15.4. The molecule has 1 amide bonds. The SMILES string of the molecule is CC(=O)Nc1cccc2c(OCc3ccccc3)cccc12. The summed E-state index contributed by atoms with van der Waals surface area (Å²) in [6.07, 6.45) is 0. The Morgan fingerprint density at radius 3 is 2.41 bits per heavy atom. The fourth-order valence-corrected chi connectivity index (χ4v) is 2.44. The van der Waals surface area contributed by atoms with Gasteiger partial charge < -0.3 is 10.1 Å². The number of benzene rings is 3. The molecule has 0 aliphatic heterocycles. The summed E-state index contributed by atoms with van der Waals surface area (Å²) in [7, 11) is 0. The number of amides is 1. The summed E-state index contributed by atoms with van der Waals surface area (Å²) in [6, 6.07) is 21.7. The van der Waals surface area contributed by atoms with Crippen molar-refractivity contribution in [2.75, 3.05) is 5.32 Å². The van der Waals surface area contributed by atoms with E-state index in [0.29, 0.717) is 6.61 Å². The number of carbonyl (C=O) groups is 1. The molecule has 0 aromatic heterocycles. The van der Waals surface area contributed by atoms with Gasteiger partial charge in [0.25, 0.3) is 0 Å². The summed E-state index contributed by atoms with van der Waals surface area (Å²) in [5, 5.41) is 4.82. The Balaban J connectivity index is 1.92. The van der Waals surface area contributed by atoms with Crippen LogP contribution in [0.2, 0.25) is 0 Å². The summed E-state index contributed by atoms with van der Waals surface area (Å²) in [6.45, 7) is 2.03. The third-order valence-electron chi connectivity index (χ3n) is 3.43. The minimum atomic E-state index is -0.0805. The largest absolute Gasteiger partial charge is 0.488 e. The minimum absolute atomic E-state index is 0.0805. The summed E-state index contributed by atoms with van der Waals surface area (Å²) in [4.78, 5) is 11.3. The first-order valence-electron chi connectivity index (χ1n) is 7.20. The van der Waals surface area contributed by atoms with Crippen molar-refractivity contribution in [2.24, 2.45) is 0 Å². The van der Waals surface area contributed by atoms with E-state index in [1.54, 1.807) is 0 Å². The number of anilines is 1. The van der Waals surface area contributed by atoms with Crippen LogP contribution in [-0.2, 0) is 11.4 Å². The predicted octanol–water partition coefficient (Wildman–Crippen LogP) is 4.38. The lowest BCUT2D eigenvalue weighted by Gasteiger charge is -2.12. The fourth-order valence-electron chi connectivity index (χ4n) is 2.44. The number of rotatable bonds is 4. The Morgan fingerprint density at radius 1 is 0.909 bits per heavy atom. The van der Waals surface area contributed by atoms with Gasteiger partial charge in [-0.25, -0.2) is 0 Å². The van der Waals surface area contributed by atoms with Gasteiger partial charge in [-0.15, -0.1) is 0 Å². The summed E-state index contributed by atoms with van der Waals surface area (Å²) in [5.41, 5.74) is 1.92. The smallest absolute Gasteiger partial charge is 0.221 e. The quantitative estimate of drug-likeness (QED) is 0.774. The maximum absolute atomic E-state index is 11.3. The molecule has 3 rings (SSSR count). The van der Waals surface area contributed by atoms with Crippen LogP contribution >= 0.6 is 0 Å². The molecular formula is C19H17NO2. The molecule has 0 aliphatic rings. The average Bonchev–Trinajstić information content (AvgIpc) is 2.54. The first-order valence-corrected chi connectivity index (χ1v) is 7.20. The monoisotopic (exact) mass is 291 g/mol. The van der Waals surface area contributed by atoms with Crippen molar-refractivity contribution in [3.63, 3.8) is 0 Å². The minimum Gasteiger partial charge on any atom is -0.488 e. The molecule has 1 N–H and O–H groups in total. The van der Waals surface area contributed by atoms with Crippen LogP contribution in [0.15, 0.2) is 66.7 Å². The second-order valence-corrected chi connectivity index (χ2v) is 5.11. The normalized spacial score (nSPS) is 10.4. The highest BCUT2D eigenvalue weighted by Gasteiger charge is 2.07. The van der Waals surface area contributed by atoms with Crippen LogP contribution in [0.4, 0.5) is 5.69 Å². The second kappa shape index (κ2) is 6.31. The molecule has 0 unspecified atom stereocenters. The van der Waals surface area contributed by atoms with Gasteiger partial charge in [0.05, 0.1) is 0 Å².